The summed E-state index contributed by atoms with van der Waals surface area (Å²) in [5.41, 5.74) is 15.2. The van der Waals surface area contributed by atoms with Crippen LogP contribution in [0.3, 0.4) is 0 Å². The molecule has 4 N–H and O–H groups in total. The number of hydrogen-bond donors (Lipinski definition) is 2. The molecule has 2 aliphatic heterocycles. The number of carbonyl (C=O) groups is 4. The van der Waals surface area contributed by atoms with Crippen molar-refractivity contribution in [1.29, 1.82) is 0 Å². The number of aromatic nitrogens is 12. The van der Waals surface area contributed by atoms with Gasteiger partial charge in [-0.2, -0.15) is 20.4 Å². The number of amides is 4. The number of carbonyl (C=O) groups excluding carboxylic acids is 4. The molecule has 30 heteroatoms. The van der Waals surface area contributed by atoms with Gasteiger partial charge in [0.25, 0.3) is 45.9 Å². The van der Waals surface area contributed by atoms with E-state index in [0.717, 1.165) is 9.80 Å². The molecular weight excluding hydrogens is 1270 g/mol. The fraction of sp³-hybridized carbons (Fsp3) is 0.250. The molecule has 2 aliphatic rings. The summed E-state index contributed by atoms with van der Waals surface area (Å²) in [7, 11) is 0. The summed E-state index contributed by atoms with van der Waals surface area (Å²) in [6.07, 6.45) is 14.6. The predicted molar refractivity (Wildman–Crippen MR) is 352 cm³/mol. The second-order valence-electron chi connectivity index (χ2n) is 21.0. The smallest absolute Gasteiger partial charge is 0.261 e. The fourth-order valence-corrected chi connectivity index (χ4v) is 10.4. The van der Waals surface area contributed by atoms with Crippen LogP contribution in [0.2, 0.25) is 0 Å². The van der Waals surface area contributed by atoms with E-state index in [2.05, 4.69) is 20.4 Å². The number of benzene rings is 2. The van der Waals surface area contributed by atoms with Crippen LogP contribution in [0.15, 0.2) is 189 Å². The standard InChI is InChI=1S/2C20H17FN4O3.2C12H15FN4O.2ClH/c1-2-23-8-7-17-16(18(23)26)10-22-25(17)12-13(9-21)11-24-19(27)14-5-3-4-6-15(14)20(24)28;1-2-23-8-7-17-16(18(23)26)12-24(22-17)10-13(9-21)11-25-19(27)14-5-3-4-6-15(14)20(25)28;1-2-16-4-3-11-10(12(16)18)7-15-17(11)8-9(5-13)6-14;1-2-16-4-3-11-10(12(16)18)8-17(15-11)7-9(5-13)6-14;;/h3-10H,2,11-12H2,1H3;3-9,12H,2,10-11H2,1H3;3-5,7H,2,6,8,14H2,1H3;3-5,8H,2,6-7,14H2,1H3;2*1H/b13-9+;13-9-;2*9-5+;;. The Bertz CT molecular complexity index is 4740. The van der Waals surface area contributed by atoms with Crippen molar-refractivity contribution < 1.29 is 36.7 Å². The number of aryl methyl sites for hydroxylation is 4. The fourth-order valence-electron chi connectivity index (χ4n) is 10.4. The summed E-state index contributed by atoms with van der Waals surface area (Å²) in [4.78, 5) is 101. The summed E-state index contributed by atoms with van der Waals surface area (Å²) in [5.74, 6) is -1.79. The Kier molecular flexibility index (Phi) is 24.0. The van der Waals surface area contributed by atoms with Gasteiger partial charge in [-0.25, -0.2) is 17.6 Å². The molecule has 0 atom stereocenters. The molecule has 0 saturated carbocycles. The Morgan fingerprint density at radius 3 is 1.03 bits per heavy atom. The van der Waals surface area contributed by atoms with E-state index in [0.29, 0.717) is 129 Å². The van der Waals surface area contributed by atoms with Crippen molar-refractivity contribution >= 4 is 92.1 Å². The molecule has 4 amide bonds. The van der Waals surface area contributed by atoms with Crippen LogP contribution in [0.4, 0.5) is 17.6 Å². The third kappa shape index (κ3) is 14.7. The van der Waals surface area contributed by atoms with Gasteiger partial charge in [0.2, 0.25) is 0 Å². The lowest BCUT2D eigenvalue weighted by molar-refractivity contribution is 0.0650. The zero-order valence-electron chi connectivity index (χ0n) is 51.4. The van der Waals surface area contributed by atoms with E-state index in [1.165, 1.54) is 26.4 Å². The molecule has 0 saturated heterocycles. The van der Waals surface area contributed by atoms with Crippen molar-refractivity contribution in [2.24, 2.45) is 11.5 Å². The van der Waals surface area contributed by atoms with Crippen molar-refractivity contribution in [2.75, 3.05) is 26.2 Å². The second-order valence-corrected chi connectivity index (χ2v) is 21.0. The van der Waals surface area contributed by atoms with Gasteiger partial charge in [-0.1, -0.05) is 24.3 Å². The van der Waals surface area contributed by atoms with Crippen LogP contribution in [0.1, 0.15) is 69.1 Å². The number of rotatable bonds is 18. The quantitative estimate of drug-likeness (QED) is 0.0617. The maximum absolute atomic E-state index is 13.6. The molecule has 12 rings (SSSR count). The summed E-state index contributed by atoms with van der Waals surface area (Å²) in [6, 6.07) is 20.1. The highest BCUT2D eigenvalue weighted by Crippen LogP contribution is 2.26. The third-order valence-electron chi connectivity index (χ3n) is 15.4. The predicted octanol–water partition coefficient (Wildman–Crippen LogP) is 7.64. The first-order chi connectivity index (χ1) is 44.5. The highest BCUT2D eigenvalue weighted by atomic mass is 35.5. The molecule has 8 aromatic heterocycles. The first kappa shape index (κ1) is 71.0. The van der Waals surface area contributed by atoms with Gasteiger partial charge in [0.1, 0.15) is 0 Å². The van der Waals surface area contributed by atoms with Crippen LogP contribution < -0.4 is 33.7 Å². The van der Waals surface area contributed by atoms with Crippen LogP contribution in [0.5, 0.6) is 0 Å². The van der Waals surface area contributed by atoms with Gasteiger partial charge in [-0.3, -0.25) is 66.9 Å². The number of nitrogens with two attached hydrogens (primary N) is 2. The largest absolute Gasteiger partial charge is 0.327 e. The summed E-state index contributed by atoms with van der Waals surface area (Å²) in [5, 5.41) is 18.7. The van der Waals surface area contributed by atoms with E-state index in [9.17, 15) is 55.9 Å². The van der Waals surface area contributed by atoms with Crippen LogP contribution in [-0.4, -0.2) is 117 Å². The molecule has 0 radical (unpaired) electrons. The molecule has 0 aliphatic carbocycles. The van der Waals surface area contributed by atoms with E-state index in [1.54, 1.807) is 133 Å². The minimum atomic E-state index is -0.448. The van der Waals surface area contributed by atoms with Crippen molar-refractivity contribution in [3.05, 3.63) is 234 Å². The molecule has 0 bridgehead atoms. The molecule has 492 valence electrons. The summed E-state index contributed by atoms with van der Waals surface area (Å²) >= 11 is 0. The Labute approximate surface area is 545 Å². The van der Waals surface area contributed by atoms with E-state index in [4.69, 9.17) is 11.5 Å². The van der Waals surface area contributed by atoms with Gasteiger partial charge in [0.05, 0.1) is 143 Å². The Morgan fingerprint density at radius 1 is 0.404 bits per heavy atom. The maximum atomic E-state index is 13.6. The van der Waals surface area contributed by atoms with Gasteiger partial charge in [-0.15, -0.1) is 24.8 Å². The molecule has 0 unspecified atom stereocenters. The van der Waals surface area contributed by atoms with Gasteiger partial charge >= 0.3 is 0 Å². The van der Waals surface area contributed by atoms with Crippen LogP contribution in [0.25, 0.3) is 43.6 Å². The Balaban J connectivity index is 0.000000180. The first-order valence-electron chi connectivity index (χ1n) is 29.1. The van der Waals surface area contributed by atoms with Gasteiger partial charge in [-0.05, 0) is 98.5 Å². The average Bonchev–Trinajstić information content (AvgIpc) is 1.66. The van der Waals surface area contributed by atoms with Crippen LogP contribution in [0, 0.1) is 0 Å². The lowest BCUT2D eigenvalue weighted by atomic mass is 10.1. The van der Waals surface area contributed by atoms with Crippen LogP contribution in [-0.2, 0) is 52.4 Å². The monoisotopic (exact) mass is 1330 g/mol. The van der Waals surface area contributed by atoms with Gasteiger partial charge in [0.15, 0.2) is 0 Å². The van der Waals surface area contributed by atoms with Gasteiger partial charge < -0.3 is 29.7 Å². The summed E-state index contributed by atoms with van der Waals surface area (Å²) < 4.78 is 64.4. The molecule has 0 spiro atoms. The number of halogens is 6. The zero-order valence-corrected chi connectivity index (χ0v) is 53.0. The molecule has 0 fully saturated rings. The van der Waals surface area contributed by atoms with Crippen molar-refractivity contribution in [2.45, 2.75) is 80.1 Å². The van der Waals surface area contributed by atoms with E-state index in [-0.39, 0.29) is 111 Å². The van der Waals surface area contributed by atoms with E-state index in [1.807, 2.05) is 27.7 Å². The molecule has 10 heterocycles. The lowest BCUT2D eigenvalue weighted by Crippen LogP contribution is -2.32. The van der Waals surface area contributed by atoms with Crippen molar-refractivity contribution in [3.63, 3.8) is 0 Å². The van der Waals surface area contributed by atoms with Crippen LogP contribution >= 0.6 is 24.8 Å². The number of hydrogen-bond acceptors (Lipinski definition) is 14. The highest BCUT2D eigenvalue weighted by Gasteiger charge is 2.37. The molecule has 10 aromatic rings. The minimum absolute atomic E-state index is 0. The SMILES string of the molecule is CCn1ccc2c(cnn2C/C(=C/F)CN)c1=O.CCn1ccc2c(cnn2C/C(=C/F)CN2C(=O)c3ccccc3C2=O)c1=O.CCn1ccc2nn(C/C(=C/F)CN)cc2c1=O.CCn1ccc2nn(C/C(=C/F)CN3C(=O)c4ccccc4C3=O)cc2c1=O.Cl.Cl. The van der Waals surface area contributed by atoms with Gasteiger partial charge in [0, 0.05) is 76.4 Å². The molecular formula is C64H66Cl2F4N16O8. The van der Waals surface area contributed by atoms with E-state index >= 15 is 0 Å². The highest BCUT2D eigenvalue weighted by molar-refractivity contribution is 6.22. The topological polar surface area (TPSA) is 286 Å². The number of fused-ring (bicyclic) bond motifs is 6. The Hall–Kier alpha value is -10.4. The lowest BCUT2D eigenvalue weighted by Gasteiger charge is -2.16. The number of pyridine rings is 4. The minimum Gasteiger partial charge on any atom is -0.327 e. The molecule has 2 aromatic carbocycles. The molecule has 94 heavy (non-hydrogen) atoms. The Morgan fingerprint density at radius 2 is 0.702 bits per heavy atom. The summed E-state index contributed by atoms with van der Waals surface area (Å²) in [6.45, 7) is 10.3. The number of nitrogens with zero attached hydrogens (tertiary/aromatic N) is 14. The first-order valence-corrected chi connectivity index (χ1v) is 29.1. The van der Waals surface area contributed by atoms with E-state index < -0.39 is 23.6 Å². The zero-order chi connectivity index (χ0) is 65.9. The third-order valence-corrected chi connectivity index (χ3v) is 15.4. The normalized spacial score (nSPS) is 13.2. The molecule has 24 nitrogen and oxygen atoms in total. The van der Waals surface area contributed by atoms with Crippen molar-refractivity contribution in [3.8, 4) is 0 Å². The second kappa shape index (κ2) is 31.7. The average molecular weight is 1330 g/mol. The maximum Gasteiger partial charge on any atom is 0.261 e. The van der Waals surface area contributed by atoms with Crippen molar-refractivity contribution in [1.82, 2.24) is 67.2 Å². The number of imide groups is 2.